The molecule has 0 bridgehead atoms. The van der Waals surface area contributed by atoms with Gasteiger partial charge in [0.15, 0.2) is 0 Å². The van der Waals surface area contributed by atoms with Crippen molar-refractivity contribution in [2.45, 2.75) is 45.7 Å². The number of likely N-dealkylation sites (tertiary alicyclic amines) is 1. The summed E-state index contributed by atoms with van der Waals surface area (Å²) in [6.45, 7) is 10.8. The second-order valence-corrected chi connectivity index (χ2v) is 7.61. The first-order valence-corrected chi connectivity index (χ1v) is 8.02. The van der Waals surface area contributed by atoms with E-state index in [0.717, 1.165) is 17.8 Å². The van der Waals surface area contributed by atoms with Gasteiger partial charge in [-0.15, -0.1) is 0 Å². The van der Waals surface area contributed by atoms with E-state index in [2.05, 4.69) is 44.7 Å². The molecule has 3 nitrogen and oxygen atoms in total. The van der Waals surface area contributed by atoms with Gasteiger partial charge >= 0.3 is 0 Å². The van der Waals surface area contributed by atoms with Crippen LogP contribution in [0.2, 0.25) is 0 Å². The highest BCUT2D eigenvalue weighted by atomic mass is 15.2. The van der Waals surface area contributed by atoms with Gasteiger partial charge in [-0.25, -0.2) is 0 Å². The van der Waals surface area contributed by atoms with Gasteiger partial charge < -0.3 is 15.5 Å². The van der Waals surface area contributed by atoms with Gasteiger partial charge in [-0.05, 0) is 50.6 Å². The van der Waals surface area contributed by atoms with Gasteiger partial charge in [-0.3, -0.25) is 0 Å². The van der Waals surface area contributed by atoms with Gasteiger partial charge in [0.25, 0.3) is 0 Å². The molecule has 2 fully saturated rings. The summed E-state index contributed by atoms with van der Waals surface area (Å²) in [5, 5.41) is 0. The van der Waals surface area contributed by atoms with E-state index in [1.165, 1.54) is 32.5 Å². The molecule has 1 aliphatic heterocycles. The van der Waals surface area contributed by atoms with Gasteiger partial charge in [0.05, 0.1) is 0 Å². The fraction of sp³-hybridized carbons (Fsp3) is 1.00. The fourth-order valence-electron chi connectivity index (χ4n) is 4.45. The number of nitrogens with zero attached hydrogens (tertiary/aromatic N) is 2. The zero-order valence-electron chi connectivity index (χ0n) is 13.5. The van der Waals surface area contributed by atoms with E-state index in [9.17, 15) is 0 Å². The summed E-state index contributed by atoms with van der Waals surface area (Å²) >= 11 is 0. The summed E-state index contributed by atoms with van der Waals surface area (Å²) in [6.07, 6.45) is 2.58. The monoisotopic (exact) mass is 267 g/mol. The molecule has 19 heavy (non-hydrogen) atoms. The number of hydrogen-bond donors (Lipinski definition) is 1. The second kappa shape index (κ2) is 6.11. The fourth-order valence-corrected chi connectivity index (χ4v) is 4.45. The lowest BCUT2D eigenvalue weighted by molar-refractivity contribution is 0.125. The minimum atomic E-state index is 0.410. The van der Waals surface area contributed by atoms with E-state index in [-0.39, 0.29) is 0 Å². The molecule has 2 rings (SSSR count). The maximum atomic E-state index is 6.43. The highest BCUT2D eigenvalue weighted by Gasteiger charge is 2.37. The minimum absolute atomic E-state index is 0.410. The van der Waals surface area contributed by atoms with Crippen LogP contribution in [0.4, 0.5) is 0 Å². The van der Waals surface area contributed by atoms with Crippen molar-refractivity contribution in [3.63, 3.8) is 0 Å². The largest absolute Gasteiger partial charge is 0.327 e. The van der Waals surface area contributed by atoms with Crippen LogP contribution in [0.25, 0.3) is 0 Å². The predicted molar refractivity (Wildman–Crippen MR) is 82.1 cm³/mol. The van der Waals surface area contributed by atoms with Crippen molar-refractivity contribution < 1.29 is 0 Å². The topological polar surface area (TPSA) is 32.5 Å². The van der Waals surface area contributed by atoms with E-state index < -0.39 is 0 Å². The molecule has 1 saturated carbocycles. The van der Waals surface area contributed by atoms with Crippen LogP contribution in [0.3, 0.4) is 0 Å². The third kappa shape index (κ3) is 3.50. The Labute approximate surface area is 119 Å². The Morgan fingerprint density at radius 3 is 2.26 bits per heavy atom. The van der Waals surface area contributed by atoms with E-state index in [1.807, 2.05) is 0 Å². The van der Waals surface area contributed by atoms with Crippen molar-refractivity contribution in [1.29, 1.82) is 0 Å². The van der Waals surface area contributed by atoms with E-state index in [0.29, 0.717) is 18.0 Å². The van der Waals surface area contributed by atoms with Gasteiger partial charge in [-0.2, -0.15) is 0 Å². The Kier molecular flexibility index (Phi) is 4.91. The van der Waals surface area contributed by atoms with Crippen molar-refractivity contribution in [2.75, 3.05) is 33.7 Å². The first-order valence-electron chi connectivity index (χ1n) is 8.02. The Hall–Kier alpha value is -0.120. The van der Waals surface area contributed by atoms with Crippen LogP contribution in [0.15, 0.2) is 0 Å². The molecule has 0 spiro atoms. The Balaban J connectivity index is 1.91. The molecule has 3 heteroatoms. The van der Waals surface area contributed by atoms with Gasteiger partial charge in [-0.1, -0.05) is 20.8 Å². The average molecular weight is 267 g/mol. The summed E-state index contributed by atoms with van der Waals surface area (Å²) in [4.78, 5) is 5.04. The van der Waals surface area contributed by atoms with Crippen molar-refractivity contribution in [3.8, 4) is 0 Å². The van der Waals surface area contributed by atoms with Crippen LogP contribution in [-0.4, -0.2) is 55.6 Å². The maximum absolute atomic E-state index is 6.43. The molecule has 2 aliphatic rings. The molecule has 2 N–H and O–H groups in total. The Morgan fingerprint density at radius 2 is 1.74 bits per heavy atom. The molecule has 0 aromatic rings. The van der Waals surface area contributed by atoms with Gasteiger partial charge in [0, 0.05) is 31.7 Å². The van der Waals surface area contributed by atoms with E-state index in [1.54, 1.807) is 0 Å². The van der Waals surface area contributed by atoms with Crippen LogP contribution < -0.4 is 5.73 Å². The van der Waals surface area contributed by atoms with E-state index in [4.69, 9.17) is 5.73 Å². The van der Waals surface area contributed by atoms with Crippen molar-refractivity contribution in [3.05, 3.63) is 0 Å². The third-order valence-corrected chi connectivity index (χ3v) is 5.51. The number of nitrogens with two attached hydrogens (primary N) is 1. The Bertz CT molecular complexity index is 280. The van der Waals surface area contributed by atoms with Crippen molar-refractivity contribution >= 4 is 0 Å². The Morgan fingerprint density at radius 1 is 1.05 bits per heavy atom. The summed E-state index contributed by atoms with van der Waals surface area (Å²) in [6, 6.07) is 1.13. The highest BCUT2D eigenvalue weighted by molar-refractivity contribution is 4.92. The van der Waals surface area contributed by atoms with Crippen LogP contribution in [0.5, 0.6) is 0 Å². The molecule has 6 atom stereocenters. The van der Waals surface area contributed by atoms with Crippen LogP contribution >= 0.6 is 0 Å². The number of likely N-dealkylation sites (N-methyl/N-ethyl adjacent to an activating group) is 1. The van der Waals surface area contributed by atoms with Gasteiger partial charge in [0.1, 0.15) is 0 Å². The normalized spacial score (nSPS) is 45.0. The van der Waals surface area contributed by atoms with Gasteiger partial charge in [0.2, 0.25) is 0 Å². The van der Waals surface area contributed by atoms with Crippen LogP contribution in [0, 0.1) is 23.7 Å². The molecular weight excluding hydrogens is 234 g/mol. The number of rotatable bonds is 3. The molecule has 1 heterocycles. The quantitative estimate of drug-likeness (QED) is 0.847. The van der Waals surface area contributed by atoms with E-state index >= 15 is 0 Å². The lowest BCUT2D eigenvalue weighted by Gasteiger charge is -2.39. The third-order valence-electron chi connectivity index (χ3n) is 5.51. The van der Waals surface area contributed by atoms with Crippen LogP contribution in [-0.2, 0) is 0 Å². The van der Waals surface area contributed by atoms with Crippen LogP contribution in [0.1, 0.15) is 33.6 Å². The maximum Gasteiger partial charge on any atom is 0.0254 e. The minimum Gasteiger partial charge on any atom is -0.327 e. The zero-order valence-corrected chi connectivity index (χ0v) is 13.5. The standard InChI is InChI=1S/C16H33N3/c1-11-6-12(2)14(15(17)7-11)9-19-8-13(3)16(10-19)18(4)5/h11-16H,6-10,17H2,1-5H3. The van der Waals surface area contributed by atoms with Crippen molar-refractivity contribution in [2.24, 2.45) is 29.4 Å². The smallest absolute Gasteiger partial charge is 0.0254 e. The molecule has 0 aromatic carbocycles. The zero-order chi connectivity index (χ0) is 14.2. The predicted octanol–water partition coefficient (Wildman–Crippen LogP) is 1.88. The summed E-state index contributed by atoms with van der Waals surface area (Å²) in [5.74, 6) is 3.08. The summed E-state index contributed by atoms with van der Waals surface area (Å²) in [5.41, 5.74) is 6.43. The highest BCUT2D eigenvalue weighted by Crippen LogP contribution is 2.34. The molecule has 0 radical (unpaired) electrons. The molecule has 0 amide bonds. The molecule has 1 saturated heterocycles. The molecule has 1 aliphatic carbocycles. The molecular formula is C16H33N3. The molecule has 6 unspecified atom stereocenters. The SMILES string of the molecule is CC1CC(C)C(CN2CC(C)C(N(C)C)C2)C(N)C1. The average Bonchev–Trinajstić information content (AvgIpc) is 2.65. The number of hydrogen-bond acceptors (Lipinski definition) is 3. The van der Waals surface area contributed by atoms with Crippen molar-refractivity contribution in [1.82, 2.24) is 9.80 Å². The second-order valence-electron chi connectivity index (χ2n) is 7.61. The first-order chi connectivity index (χ1) is 8.88. The summed E-state index contributed by atoms with van der Waals surface area (Å²) in [7, 11) is 4.42. The summed E-state index contributed by atoms with van der Waals surface area (Å²) < 4.78 is 0. The lowest BCUT2D eigenvalue weighted by atomic mass is 9.72. The molecule has 112 valence electrons. The lowest BCUT2D eigenvalue weighted by Crippen LogP contribution is -2.46. The molecule has 0 aromatic heterocycles. The first kappa shape index (κ1) is 15.3.